The molecule has 3 aliphatic rings. The molecule has 19 heteroatoms. The molecule has 0 bridgehead atoms. The Balaban J connectivity index is 1.64. The number of hydrogen-bond donors (Lipinski definition) is 12. The Bertz CT molecular complexity index is 1040. The van der Waals surface area contributed by atoms with Gasteiger partial charge < -0.3 is 89.9 Å². The summed E-state index contributed by atoms with van der Waals surface area (Å²) in [6, 6.07) is -0.870. The van der Waals surface area contributed by atoms with Crippen LogP contribution in [-0.2, 0) is 33.2 Å². The number of unbranched alkanes of at least 4 members (excludes halogenated alkanes) is 7. The van der Waals surface area contributed by atoms with Crippen molar-refractivity contribution in [1.82, 2.24) is 5.32 Å². The Hall–Kier alpha value is -1.21. The van der Waals surface area contributed by atoms with E-state index in [9.17, 15) is 61.0 Å². The van der Waals surface area contributed by atoms with E-state index in [-0.39, 0.29) is 18.9 Å². The van der Waals surface area contributed by atoms with Crippen LogP contribution in [0, 0.1) is 0 Å². The molecule has 0 saturated carbocycles. The van der Waals surface area contributed by atoms with E-state index in [2.05, 4.69) is 19.2 Å². The number of aliphatic hydroxyl groups is 11. The van der Waals surface area contributed by atoms with Gasteiger partial charge in [0.2, 0.25) is 5.91 Å². The fraction of sp³-hybridized carbons (Fsp3) is 0.971. The predicted molar refractivity (Wildman–Crippen MR) is 185 cm³/mol. The fourth-order valence-corrected chi connectivity index (χ4v) is 6.78. The molecule has 12 N–H and O–H groups in total. The van der Waals surface area contributed by atoms with E-state index in [1.54, 1.807) is 0 Å². The lowest BCUT2D eigenvalue weighted by Gasteiger charge is -2.48. The molecule has 0 radical (unpaired) electrons. The Kier molecular flexibility index (Phi) is 20.9. The molecule has 17 unspecified atom stereocenters. The quantitative estimate of drug-likeness (QED) is 0.0450. The van der Waals surface area contributed by atoms with Gasteiger partial charge in [-0.05, 0) is 12.8 Å². The first-order valence-electron chi connectivity index (χ1n) is 19.3. The summed E-state index contributed by atoms with van der Waals surface area (Å²) in [5, 5.41) is 118. The summed E-state index contributed by atoms with van der Waals surface area (Å²) in [5.74, 6) is -0.271. The number of hydrogen-bond acceptors (Lipinski definition) is 18. The Labute approximate surface area is 315 Å². The standard InChI is InChI=1S/C35H65NO18/c1-3-5-7-9-10-12-19(40)18(36-23(41)13-11-8-6-4-2)17-49-33-29(47)26(44)31(21(15-38)51-33)54-35-30(48)27(45)32(22(16-39)52-35)53-34-28(46)25(43)24(42)20(14-37)50-34/h18-22,24-35,37-40,42-48H,3-17H2,1-2H3,(H,36,41). The Morgan fingerprint density at radius 1 is 0.593 bits per heavy atom. The molecule has 0 aromatic carbocycles. The van der Waals surface area contributed by atoms with Crippen LogP contribution in [0.25, 0.3) is 0 Å². The zero-order valence-electron chi connectivity index (χ0n) is 31.2. The second-order valence-electron chi connectivity index (χ2n) is 14.4. The molecule has 54 heavy (non-hydrogen) atoms. The van der Waals surface area contributed by atoms with Gasteiger partial charge in [-0.15, -0.1) is 0 Å². The van der Waals surface area contributed by atoms with Crippen LogP contribution in [0.1, 0.15) is 84.5 Å². The van der Waals surface area contributed by atoms with E-state index in [0.29, 0.717) is 12.8 Å². The SMILES string of the molecule is CCCCCCCC(O)C(COC1OC(CO)C(OC2OC(CO)C(OC3OC(CO)C(O)C(O)C3O)C(O)C2O)C(O)C1O)NC(=O)CCCCCC. The Morgan fingerprint density at radius 3 is 1.59 bits per heavy atom. The summed E-state index contributed by atoms with van der Waals surface area (Å²) in [6.07, 6.45) is -17.4. The summed E-state index contributed by atoms with van der Waals surface area (Å²) in [4.78, 5) is 12.7. The average Bonchev–Trinajstić information content (AvgIpc) is 3.16. The zero-order chi connectivity index (χ0) is 39.9. The molecule has 318 valence electrons. The van der Waals surface area contributed by atoms with E-state index in [1.807, 2.05) is 0 Å². The molecule has 0 aromatic heterocycles. The lowest BCUT2D eigenvalue weighted by atomic mass is 9.96. The molecule has 0 aliphatic carbocycles. The van der Waals surface area contributed by atoms with E-state index < -0.39 is 124 Å². The minimum absolute atomic E-state index is 0.258. The number of ether oxygens (including phenoxy) is 6. The van der Waals surface area contributed by atoms with Crippen LogP contribution in [0.5, 0.6) is 0 Å². The van der Waals surface area contributed by atoms with Crippen LogP contribution < -0.4 is 5.32 Å². The van der Waals surface area contributed by atoms with Crippen LogP contribution in [0.15, 0.2) is 0 Å². The van der Waals surface area contributed by atoms with Crippen molar-refractivity contribution in [3.8, 4) is 0 Å². The van der Waals surface area contributed by atoms with Crippen molar-refractivity contribution in [1.29, 1.82) is 0 Å². The smallest absolute Gasteiger partial charge is 0.220 e. The van der Waals surface area contributed by atoms with E-state index in [1.165, 1.54) is 0 Å². The number of carbonyl (C=O) groups excluding carboxylic acids is 1. The third-order valence-corrected chi connectivity index (χ3v) is 10.2. The lowest BCUT2D eigenvalue weighted by Crippen LogP contribution is -2.66. The van der Waals surface area contributed by atoms with Crippen LogP contribution in [0.2, 0.25) is 0 Å². The highest BCUT2D eigenvalue weighted by molar-refractivity contribution is 5.76. The van der Waals surface area contributed by atoms with Gasteiger partial charge in [0.25, 0.3) is 0 Å². The van der Waals surface area contributed by atoms with Crippen molar-refractivity contribution < 1.29 is 89.4 Å². The predicted octanol–water partition coefficient (Wildman–Crippen LogP) is -3.37. The van der Waals surface area contributed by atoms with Gasteiger partial charge in [-0.25, -0.2) is 0 Å². The van der Waals surface area contributed by atoms with Gasteiger partial charge in [-0.3, -0.25) is 4.79 Å². The van der Waals surface area contributed by atoms with Crippen molar-refractivity contribution in [3.63, 3.8) is 0 Å². The largest absolute Gasteiger partial charge is 0.394 e. The Morgan fingerprint density at radius 2 is 1.06 bits per heavy atom. The van der Waals surface area contributed by atoms with Gasteiger partial charge in [0.15, 0.2) is 18.9 Å². The molecule has 3 rings (SSSR count). The van der Waals surface area contributed by atoms with Crippen molar-refractivity contribution in [3.05, 3.63) is 0 Å². The summed E-state index contributed by atoms with van der Waals surface area (Å²) < 4.78 is 33.7. The topological polar surface area (TPSA) is 307 Å². The molecule has 1 amide bonds. The molecular weight excluding hydrogens is 722 g/mol. The van der Waals surface area contributed by atoms with Gasteiger partial charge in [-0.2, -0.15) is 0 Å². The first kappa shape index (κ1) is 47.2. The number of carbonyl (C=O) groups is 1. The molecule has 0 aromatic rings. The van der Waals surface area contributed by atoms with Gasteiger partial charge in [0, 0.05) is 6.42 Å². The highest BCUT2D eigenvalue weighted by Crippen LogP contribution is 2.32. The maximum Gasteiger partial charge on any atom is 0.220 e. The minimum Gasteiger partial charge on any atom is -0.394 e. The first-order chi connectivity index (χ1) is 25.8. The van der Waals surface area contributed by atoms with Gasteiger partial charge >= 0.3 is 0 Å². The van der Waals surface area contributed by atoms with Crippen LogP contribution in [0.3, 0.4) is 0 Å². The summed E-state index contributed by atoms with van der Waals surface area (Å²) in [6.45, 7) is 1.46. The monoisotopic (exact) mass is 787 g/mol. The number of amides is 1. The lowest BCUT2D eigenvalue weighted by molar-refractivity contribution is -0.379. The molecule has 3 fully saturated rings. The van der Waals surface area contributed by atoms with Gasteiger partial charge in [0.05, 0.1) is 38.6 Å². The minimum atomic E-state index is -1.96. The zero-order valence-corrected chi connectivity index (χ0v) is 31.2. The van der Waals surface area contributed by atoms with Crippen molar-refractivity contribution >= 4 is 5.91 Å². The van der Waals surface area contributed by atoms with Gasteiger partial charge in [-0.1, -0.05) is 65.2 Å². The maximum absolute atomic E-state index is 12.7. The summed E-state index contributed by atoms with van der Waals surface area (Å²) in [5.41, 5.74) is 0. The van der Waals surface area contributed by atoms with E-state index in [0.717, 1.165) is 51.4 Å². The normalized spacial score (nSPS) is 38.6. The van der Waals surface area contributed by atoms with E-state index in [4.69, 9.17) is 28.4 Å². The average molecular weight is 788 g/mol. The molecule has 0 spiro atoms. The van der Waals surface area contributed by atoms with Crippen LogP contribution in [0.4, 0.5) is 0 Å². The van der Waals surface area contributed by atoms with Crippen molar-refractivity contribution in [2.24, 2.45) is 0 Å². The third-order valence-electron chi connectivity index (χ3n) is 10.2. The summed E-state index contributed by atoms with van der Waals surface area (Å²) >= 11 is 0. The molecular formula is C35H65NO18. The molecule has 3 aliphatic heterocycles. The number of nitrogens with one attached hydrogen (secondary N) is 1. The summed E-state index contributed by atoms with van der Waals surface area (Å²) in [7, 11) is 0. The highest BCUT2D eigenvalue weighted by atomic mass is 16.8. The molecule has 3 heterocycles. The number of aliphatic hydroxyl groups excluding tert-OH is 11. The second kappa shape index (κ2) is 23.9. The fourth-order valence-electron chi connectivity index (χ4n) is 6.78. The van der Waals surface area contributed by atoms with Crippen molar-refractivity contribution in [2.75, 3.05) is 26.4 Å². The van der Waals surface area contributed by atoms with Gasteiger partial charge in [0.1, 0.15) is 73.2 Å². The molecule has 17 atom stereocenters. The van der Waals surface area contributed by atoms with Crippen LogP contribution >= 0.6 is 0 Å². The van der Waals surface area contributed by atoms with Crippen molar-refractivity contribution in [2.45, 2.75) is 189 Å². The maximum atomic E-state index is 12.7. The second-order valence-corrected chi connectivity index (χ2v) is 14.4. The van der Waals surface area contributed by atoms with Crippen LogP contribution in [-0.4, -0.2) is 193 Å². The molecule has 19 nitrogen and oxygen atoms in total. The molecule has 3 saturated heterocycles. The first-order valence-corrected chi connectivity index (χ1v) is 19.3. The highest BCUT2D eigenvalue weighted by Gasteiger charge is 2.53. The number of rotatable bonds is 23. The van der Waals surface area contributed by atoms with E-state index >= 15 is 0 Å². The third kappa shape index (κ3) is 12.9.